The number of aromatic amines is 1. The summed E-state index contributed by atoms with van der Waals surface area (Å²) in [5.41, 5.74) is 1.99. The van der Waals surface area contributed by atoms with Gasteiger partial charge in [0.1, 0.15) is 23.3 Å². The van der Waals surface area contributed by atoms with Crippen molar-refractivity contribution in [3.8, 4) is 0 Å². The van der Waals surface area contributed by atoms with Crippen LogP contribution in [0.3, 0.4) is 0 Å². The first-order chi connectivity index (χ1) is 15.9. The topological polar surface area (TPSA) is 106 Å². The van der Waals surface area contributed by atoms with E-state index in [1.807, 2.05) is 24.3 Å². The molecule has 1 amide bonds. The van der Waals surface area contributed by atoms with Gasteiger partial charge in [-0.15, -0.1) is 0 Å². The zero-order chi connectivity index (χ0) is 24.9. The summed E-state index contributed by atoms with van der Waals surface area (Å²) in [6.07, 6.45) is 0.643. The van der Waals surface area contributed by atoms with E-state index in [1.54, 1.807) is 27.7 Å². The van der Waals surface area contributed by atoms with Gasteiger partial charge in [-0.05, 0) is 51.7 Å². The number of carbonyl (C=O) groups excluding carboxylic acids is 4. The van der Waals surface area contributed by atoms with Gasteiger partial charge in [-0.1, -0.05) is 25.1 Å². The van der Waals surface area contributed by atoms with Crippen molar-refractivity contribution in [2.75, 3.05) is 7.11 Å². The molecule has 1 fully saturated rings. The maximum absolute atomic E-state index is 13.9. The number of ketones is 1. The Morgan fingerprint density at radius 1 is 1.18 bits per heavy atom. The van der Waals surface area contributed by atoms with Crippen LogP contribution in [0.1, 0.15) is 58.3 Å². The fourth-order valence-electron chi connectivity index (χ4n) is 5.54. The molecule has 182 valence electrons. The van der Waals surface area contributed by atoms with Crippen LogP contribution in [-0.2, 0) is 35.1 Å². The molecule has 34 heavy (non-hydrogen) atoms. The number of carbonyl (C=O) groups is 4. The number of benzene rings is 1. The average molecular weight is 469 g/mol. The molecule has 1 saturated heterocycles. The van der Waals surface area contributed by atoms with Crippen LogP contribution in [0.4, 0.5) is 0 Å². The summed E-state index contributed by atoms with van der Waals surface area (Å²) in [7, 11) is 1.30. The van der Waals surface area contributed by atoms with Gasteiger partial charge in [-0.3, -0.25) is 14.4 Å². The Labute approximate surface area is 199 Å². The number of nitrogens with one attached hydrogen (secondary N) is 1. The number of rotatable bonds is 4. The van der Waals surface area contributed by atoms with Gasteiger partial charge in [-0.25, -0.2) is 4.79 Å². The van der Waals surface area contributed by atoms with Crippen LogP contribution in [0, 0.1) is 17.8 Å². The van der Waals surface area contributed by atoms with Crippen LogP contribution in [-0.4, -0.2) is 52.3 Å². The minimum atomic E-state index is -1.03. The first kappa shape index (κ1) is 24.0. The molecule has 5 atom stereocenters. The number of para-hydroxylation sites is 1. The molecule has 1 N–H and O–H groups in total. The maximum Gasteiger partial charge on any atom is 0.329 e. The number of aromatic nitrogens is 1. The van der Waals surface area contributed by atoms with Crippen molar-refractivity contribution >= 4 is 34.5 Å². The number of Topliss-reactive ketones (excluding diaryl/α,β-unsaturated/α-hetero) is 1. The highest BCUT2D eigenvalue weighted by Crippen LogP contribution is 2.48. The largest absolute Gasteiger partial charge is 0.469 e. The normalized spacial score (nSPS) is 25.4. The highest BCUT2D eigenvalue weighted by molar-refractivity contribution is 6.03. The third-order valence-corrected chi connectivity index (χ3v) is 7.03. The van der Waals surface area contributed by atoms with E-state index >= 15 is 0 Å². The van der Waals surface area contributed by atoms with Crippen molar-refractivity contribution in [2.24, 2.45) is 17.8 Å². The number of hydrogen-bond donors (Lipinski definition) is 1. The molecule has 2 aliphatic rings. The van der Waals surface area contributed by atoms with Crippen molar-refractivity contribution in [2.45, 2.75) is 65.1 Å². The predicted octanol–water partition coefficient (Wildman–Crippen LogP) is 3.34. The van der Waals surface area contributed by atoms with Gasteiger partial charge in [0.05, 0.1) is 19.1 Å². The Balaban J connectivity index is 1.86. The molecule has 0 aliphatic carbocycles. The summed E-state index contributed by atoms with van der Waals surface area (Å²) in [4.78, 5) is 57.3. The number of fused-ring (bicyclic) bond motifs is 5. The lowest BCUT2D eigenvalue weighted by Crippen LogP contribution is -2.60. The summed E-state index contributed by atoms with van der Waals surface area (Å²) in [5, 5.41) is 0.990. The van der Waals surface area contributed by atoms with E-state index in [1.165, 1.54) is 18.9 Å². The molecule has 0 radical (unpaired) electrons. The molecule has 1 aromatic heterocycles. The Hall–Kier alpha value is -3.16. The maximum atomic E-state index is 13.9. The van der Waals surface area contributed by atoms with E-state index < -0.39 is 53.3 Å². The first-order valence-corrected chi connectivity index (χ1v) is 11.7. The average Bonchev–Trinajstić information content (AvgIpc) is 3.14. The third-order valence-electron chi connectivity index (χ3n) is 7.03. The third kappa shape index (κ3) is 3.99. The Bertz CT molecular complexity index is 1160. The summed E-state index contributed by atoms with van der Waals surface area (Å²) in [5.74, 6) is -3.95. The standard InChI is InChI=1S/C26H32N2O6/c1-13(24(31)33-6)16-11-19-22-17(15-9-7-8-10-18(15)27-22)12-20(25(32)34-26(3,4)5)28(19)23(30)21(16)14(2)29/h7-10,13,16,19-21,27H,11-12H2,1-6H3/t13?,16-,19+,20-,21-/m1/s1. The number of amides is 1. The van der Waals surface area contributed by atoms with Crippen LogP contribution in [0.5, 0.6) is 0 Å². The summed E-state index contributed by atoms with van der Waals surface area (Å²) in [6.45, 7) is 8.41. The molecule has 4 rings (SSSR count). The second-order valence-electron chi connectivity index (χ2n) is 10.4. The molecule has 3 heterocycles. The van der Waals surface area contributed by atoms with Gasteiger partial charge in [0.25, 0.3) is 0 Å². The molecule has 1 aromatic carbocycles. The van der Waals surface area contributed by atoms with Gasteiger partial charge >= 0.3 is 11.9 Å². The lowest BCUT2D eigenvalue weighted by Gasteiger charge is -2.49. The van der Waals surface area contributed by atoms with E-state index in [0.29, 0.717) is 12.8 Å². The van der Waals surface area contributed by atoms with E-state index in [0.717, 1.165) is 22.2 Å². The van der Waals surface area contributed by atoms with Crippen LogP contribution in [0.2, 0.25) is 0 Å². The zero-order valence-electron chi connectivity index (χ0n) is 20.5. The minimum absolute atomic E-state index is 0.290. The van der Waals surface area contributed by atoms with E-state index in [-0.39, 0.29) is 5.78 Å². The molecule has 0 saturated carbocycles. The number of esters is 2. The zero-order valence-corrected chi connectivity index (χ0v) is 20.5. The SMILES string of the molecule is COC(=O)C(C)[C@H]1C[C@H]2c3[nH]c4ccccc4c3C[C@H](C(=O)OC(C)(C)C)N2C(=O)[C@@H]1C(C)=O. The number of hydrogen-bond acceptors (Lipinski definition) is 6. The van der Waals surface area contributed by atoms with Crippen molar-refractivity contribution < 1.29 is 28.7 Å². The van der Waals surface area contributed by atoms with E-state index in [4.69, 9.17) is 9.47 Å². The number of H-pyrrole nitrogens is 1. The monoisotopic (exact) mass is 468 g/mol. The van der Waals surface area contributed by atoms with E-state index in [2.05, 4.69) is 4.98 Å². The smallest absolute Gasteiger partial charge is 0.329 e. The van der Waals surface area contributed by atoms with Crippen LogP contribution >= 0.6 is 0 Å². The summed E-state index contributed by atoms with van der Waals surface area (Å²) >= 11 is 0. The molecule has 0 bridgehead atoms. The number of methoxy groups -OCH3 is 1. The molecule has 2 aromatic rings. The second-order valence-corrected chi connectivity index (χ2v) is 10.4. The second kappa shape index (κ2) is 8.56. The van der Waals surface area contributed by atoms with Gasteiger partial charge < -0.3 is 19.4 Å². The molecule has 8 nitrogen and oxygen atoms in total. The lowest BCUT2D eigenvalue weighted by atomic mass is 9.70. The molecular formula is C26H32N2O6. The molecule has 8 heteroatoms. The van der Waals surface area contributed by atoms with Gasteiger partial charge in [-0.2, -0.15) is 0 Å². The van der Waals surface area contributed by atoms with E-state index in [9.17, 15) is 19.2 Å². The molecule has 2 aliphatic heterocycles. The van der Waals surface area contributed by atoms with Crippen molar-refractivity contribution in [1.82, 2.24) is 9.88 Å². The van der Waals surface area contributed by atoms with Crippen LogP contribution in [0.25, 0.3) is 10.9 Å². The Morgan fingerprint density at radius 2 is 1.85 bits per heavy atom. The highest BCUT2D eigenvalue weighted by Gasteiger charge is 2.54. The van der Waals surface area contributed by atoms with Crippen molar-refractivity contribution in [1.29, 1.82) is 0 Å². The number of piperidine rings is 1. The quantitative estimate of drug-likeness (QED) is 0.545. The fraction of sp³-hybridized carbons (Fsp3) is 0.538. The van der Waals surface area contributed by atoms with Crippen molar-refractivity contribution in [3.05, 3.63) is 35.5 Å². The molecule has 1 unspecified atom stereocenters. The first-order valence-electron chi connectivity index (χ1n) is 11.7. The van der Waals surface area contributed by atoms with Crippen molar-refractivity contribution in [3.63, 3.8) is 0 Å². The van der Waals surface area contributed by atoms with Gasteiger partial charge in [0, 0.05) is 23.0 Å². The summed E-state index contributed by atoms with van der Waals surface area (Å²) < 4.78 is 10.6. The number of ether oxygens (including phenoxy) is 2. The minimum Gasteiger partial charge on any atom is -0.469 e. The molecular weight excluding hydrogens is 436 g/mol. The van der Waals surface area contributed by atoms with Crippen LogP contribution in [0.15, 0.2) is 24.3 Å². The molecule has 0 spiro atoms. The van der Waals surface area contributed by atoms with Crippen LogP contribution < -0.4 is 0 Å². The fourth-order valence-corrected chi connectivity index (χ4v) is 5.54. The number of nitrogens with zero attached hydrogens (tertiary/aromatic N) is 1. The Kier molecular flexibility index (Phi) is 6.04. The van der Waals surface area contributed by atoms with Gasteiger partial charge in [0.2, 0.25) is 5.91 Å². The summed E-state index contributed by atoms with van der Waals surface area (Å²) in [6, 6.07) is 6.45. The predicted molar refractivity (Wildman–Crippen MR) is 125 cm³/mol. The lowest BCUT2D eigenvalue weighted by molar-refractivity contribution is -0.175. The van der Waals surface area contributed by atoms with Gasteiger partial charge in [0.15, 0.2) is 0 Å². The Morgan fingerprint density at radius 3 is 2.47 bits per heavy atom. The highest BCUT2D eigenvalue weighted by atomic mass is 16.6.